The van der Waals surface area contributed by atoms with E-state index in [9.17, 15) is 14.9 Å². The van der Waals surface area contributed by atoms with E-state index < -0.39 is 11.0 Å². The number of nitro benzene ring substituents is 1. The molecule has 1 atom stereocenters. The van der Waals surface area contributed by atoms with Gasteiger partial charge in [-0.1, -0.05) is 13.8 Å². The van der Waals surface area contributed by atoms with E-state index in [-0.39, 0.29) is 30.5 Å². The van der Waals surface area contributed by atoms with Gasteiger partial charge in [0.05, 0.1) is 23.1 Å². The zero-order valence-electron chi connectivity index (χ0n) is 11.8. The van der Waals surface area contributed by atoms with Gasteiger partial charge in [-0.2, -0.15) is 5.26 Å². The Kier molecular flexibility index (Phi) is 4.08. The van der Waals surface area contributed by atoms with Gasteiger partial charge in [0.25, 0.3) is 11.6 Å². The Morgan fingerprint density at radius 1 is 1.52 bits per heavy atom. The minimum Gasteiger partial charge on any atom is -0.478 e. The molecule has 110 valence electrons. The van der Waals surface area contributed by atoms with E-state index in [1.807, 2.05) is 19.9 Å². The highest BCUT2D eigenvalue weighted by atomic mass is 16.6. The lowest BCUT2D eigenvalue weighted by Crippen LogP contribution is -2.48. The van der Waals surface area contributed by atoms with E-state index >= 15 is 0 Å². The summed E-state index contributed by atoms with van der Waals surface area (Å²) >= 11 is 0. The minimum atomic E-state index is -0.641. The number of anilines is 1. The molecule has 0 aromatic heterocycles. The summed E-state index contributed by atoms with van der Waals surface area (Å²) in [5.41, 5.74) is 0.233. The second kappa shape index (κ2) is 5.79. The maximum Gasteiger partial charge on any atom is 0.271 e. The highest BCUT2D eigenvalue weighted by molar-refractivity contribution is 6.00. The number of nitrogens with zero attached hydrogens (tertiary/aromatic N) is 3. The first kappa shape index (κ1) is 14.8. The zero-order chi connectivity index (χ0) is 15.6. The monoisotopic (exact) mass is 289 g/mol. The molecule has 0 fully saturated rings. The van der Waals surface area contributed by atoms with Crippen LogP contribution in [0.15, 0.2) is 18.2 Å². The van der Waals surface area contributed by atoms with Crippen molar-refractivity contribution in [2.24, 2.45) is 5.92 Å². The topological polar surface area (TPSA) is 96.5 Å². The number of rotatable bonds is 4. The molecule has 1 aliphatic heterocycles. The first-order chi connectivity index (χ1) is 9.95. The van der Waals surface area contributed by atoms with Crippen LogP contribution in [-0.2, 0) is 4.79 Å². The van der Waals surface area contributed by atoms with Gasteiger partial charge in [0.15, 0.2) is 6.10 Å². The average Bonchev–Trinajstić information content (AvgIpc) is 2.44. The molecule has 0 saturated carbocycles. The molecule has 7 nitrogen and oxygen atoms in total. The van der Waals surface area contributed by atoms with E-state index in [0.29, 0.717) is 11.4 Å². The molecule has 1 amide bonds. The Morgan fingerprint density at radius 3 is 2.81 bits per heavy atom. The van der Waals surface area contributed by atoms with Crippen LogP contribution in [0.1, 0.15) is 20.3 Å². The number of nitro groups is 1. The molecule has 1 aliphatic rings. The fourth-order valence-corrected chi connectivity index (χ4v) is 2.20. The predicted octanol–water partition coefficient (Wildman–Crippen LogP) is 2.26. The van der Waals surface area contributed by atoms with Crippen molar-refractivity contribution in [2.45, 2.75) is 26.4 Å². The Labute approximate surface area is 121 Å². The number of ether oxygens (including phenoxy) is 1. The average molecular weight is 289 g/mol. The first-order valence-electron chi connectivity index (χ1n) is 6.59. The standard InChI is InChI=1S/C14H15N3O4/c1-9(2)13-14(18)16(7-3-6-15)11-8-10(17(19)20)4-5-12(11)21-13/h4-5,8-9,13H,3,7H2,1-2H3. The third kappa shape index (κ3) is 2.79. The fraction of sp³-hybridized carbons (Fsp3) is 0.429. The Morgan fingerprint density at radius 2 is 2.24 bits per heavy atom. The quantitative estimate of drug-likeness (QED) is 0.625. The second-order valence-corrected chi connectivity index (χ2v) is 5.09. The normalized spacial score (nSPS) is 17.1. The number of nitriles is 1. The van der Waals surface area contributed by atoms with E-state index in [1.165, 1.54) is 23.1 Å². The third-order valence-electron chi connectivity index (χ3n) is 3.26. The van der Waals surface area contributed by atoms with Crippen LogP contribution in [0.5, 0.6) is 5.75 Å². The zero-order valence-corrected chi connectivity index (χ0v) is 11.8. The van der Waals surface area contributed by atoms with Gasteiger partial charge in [0.2, 0.25) is 0 Å². The molecular weight excluding hydrogens is 274 g/mol. The summed E-state index contributed by atoms with van der Waals surface area (Å²) in [6.07, 6.45) is -0.490. The number of fused-ring (bicyclic) bond motifs is 1. The van der Waals surface area contributed by atoms with Gasteiger partial charge >= 0.3 is 0 Å². The van der Waals surface area contributed by atoms with Crippen molar-refractivity contribution in [3.8, 4) is 11.8 Å². The summed E-state index contributed by atoms with van der Waals surface area (Å²) < 4.78 is 5.65. The van der Waals surface area contributed by atoms with Crippen LogP contribution in [0.25, 0.3) is 0 Å². The number of hydrogen-bond donors (Lipinski definition) is 0. The van der Waals surface area contributed by atoms with Gasteiger partial charge in [-0.3, -0.25) is 14.9 Å². The molecule has 7 heteroatoms. The Bertz CT molecular complexity index is 621. The molecule has 0 radical (unpaired) electrons. The number of amides is 1. The molecule has 1 unspecified atom stereocenters. The summed E-state index contributed by atoms with van der Waals surface area (Å²) in [4.78, 5) is 24.2. The van der Waals surface area contributed by atoms with Gasteiger partial charge in [-0.15, -0.1) is 0 Å². The number of benzene rings is 1. The number of carbonyl (C=O) groups is 1. The predicted molar refractivity (Wildman–Crippen MR) is 74.9 cm³/mol. The van der Waals surface area contributed by atoms with Crippen LogP contribution in [0.4, 0.5) is 11.4 Å². The van der Waals surface area contributed by atoms with Gasteiger partial charge in [0.1, 0.15) is 5.75 Å². The van der Waals surface area contributed by atoms with Gasteiger partial charge in [0, 0.05) is 18.7 Å². The summed E-state index contributed by atoms with van der Waals surface area (Å²) in [7, 11) is 0. The lowest BCUT2D eigenvalue weighted by atomic mass is 10.0. The molecular formula is C14H15N3O4. The van der Waals surface area contributed by atoms with Crippen LogP contribution in [0.3, 0.4) is 0 Å². The van der Waals surface area contributed by atoms with Crippen molar-refractivity contribution >= 4 is 17.3 Å². The van der Waals surface area contributed by atoms with E-state index in [0.717, 1.165) is 0 Å². The molecule has 1 heterocycles. The molecule has 0 N–H and O–H groups in total. The largest absolute Gasteiger partial charge is 0.478 e. The summed E-state index contributed by atoms with van der Waals surface area (Å²) in [6, 6.07) is 6.12. The highest BCUT2D eigenvalue weighted by Gasteiger charge is 2.36. The van der Waals surface area contributed by atoms with Crippen molar-refractivity contribution in [1.29, 1.82) is 5.26 Å². The van der Waals surface area contributed by atoms with Gasteiger partial charge in [-0.25, -0.2) is 0 Å². The Balaban J connectivity index is 2.47. The van der Waals surface area contributed by atoms with E-state index in [4.69, 9.17) is 10.00 Å². The molecule has 0 aliphatic carbocycles. The maximum atomic E-state index is 12.4. The maximum absolute atomic E-state index is 12.4. The molecule has 0 bridgehead atoms. The van der Waals surface area contributed by atoms with E-state index in [2.05, 4.69) is 0 Å². The van der Waals surface area contributed by atoms with Crippen LogP contribution in [0.2, 0.25) is 0 Å². The van der Waals surface area contributed by atoms with Crippen molar-refractivity contribution in [1.82, 2.24) is 0 Å². The summed E-state index contributed by atoms with van der Waals surface area (Å²) in [5.74, 6) is 0.121. The Hall–Kier alpha value is -2.62. The van der Waals surface area contributed by atoms with Crippen LogP contribution >= 0.6 is 0 Å². The van der Waals surface area contributed by atoms with Crippen LogP contribution in [0, 0.1) is 27.4 Å². The van der Waals surface area contributed by atoms with Crippen LogP contribution in [-0.4, -0.2) is 23.5 Å². The molecule has 1 aromatic carbocycles. The van der Waals surface area contributed by atoms with Crippen molar-refractivity contribution < 1.29 is 14.5 Å². The lowest BCUT2D eigenvalue weighted by Gasteiger charge is -2.35. The highest BCUT2D eigenvalue weighted by Crippen LogP contribution is 2.38. The van der Waals surface area contributed by atoms with Gasteiger partial charge in [-0.05, 0) is 12.0 Å². The summed E-state index contributed by atoms with van der Waals surface area (Å²) in [5, 5.41) is 19.6. The summed E-state index contributed by atoms with van der Waals surface area (Å²) in [6.45, 7) is 3.92. The minimum absolute atomic E-state index is 0.0366. The molecule has 2 rings (SSSR count). The lowest BCUT2D eigenvalue weighted by molar-refractivity contribution is -0.384. The van der Waals surface area contributed by atoms with Crippen molar-refractivity contribution in [2.75, 3.05) is 11.4 Å². The molecule has 21 heavy (non-hydrogen) atoms. The SMILES string of the molecule is CC(C)C1Oc2ccc([N+](=O)[O-])cc2N(CCC#N)C1=O. The van der Waals surface area contributed by atoms with E-state index in [1.54, 1.807) is 0 Å². The number of non-ortho nitro benzene ring substituents is 1. The van der Waals surface area contributed by atoms with Crippen molar-refractivity contribution in [3.05, 3.63) is 28.3 Å². The smallest absolute Gasteiger partial charge is 0.271 e. The van der Waals surface area contributed by atoms with Gasteiger partial charge < -0.3 is 9.64 Å². The molecule has 1 aromatic rings. The number of hydrogen-bond acceptors (Lipinski definition) is 5. The van der Waals surface area contributed by atoms with Crippen LogP contribution < -0.4 is 9.64 Å². The molecule has 0 saturated heterocycles. The first-order valence-corrected chi connectivity index (χ1v) is 6.59. The second-order valence-electron chi connectivity index (χ2n) is 5.09. The fourth-order valence-electron chi connectivity index (χ4n) is 2.20. The third-order valence-corrected chi connectivity index (χ3v) is 3.26. The number of carbonyl (C=O) groups excluding carboxylic acids is 1. The van der Waals surface area contributed by atoms with Crippen molar-refractivity contribution in [3.63, 3.8) is 0 Å². The molecule has 0 spiro atoms.